The maximum Gasteiger partial charge on any atom is 0.262 e. The molecule has 1 amide bonds. The predicted octanol–water partition coefficient (Wildman–Crippen LogP) is 1.81. The van der Waals surface area contributed by atoms with Crippen molar-refractivity contribution in [2.75, 3.05) is 0 Å². The molecule has 2 aromatic rings. The zero-order valence-corrected chi connectivity index (χ0v) is 12.7. The third-order valence-electron chi connectivity index (χ3n) is 4.41. The van der Waals surface area contributed by atoms with E-state index in [0.29, 0.717) is 6.54 Å². The first-order valence-corrected chi connectivity index (χ1v) is 7.53. The number of aromatic nitrogens is 2. The molecule has 21 heavy (non-hydrogen) atoms. The van der Waals surface area contributed by atoms with Gasteiger partial charge in [-0.05, 0) is 30.4 Å². The summed E-state index contributed by atoms with van der Waals surface area (Å²) in [6.45, 7) is 2.40. The number of aryl methyl sites for hydroxylation is 2. The summed E-state index contributed by atoms with van der Waals surface area (Å²) >= 11 is 0. The van der Waals surface area contributed by atoms with E-state index < -0.39 is 0 Å². The fraction of sp³-hybridized carbons (Fsp3) is 0.412. The molecule has 0 aliphatic heterocycles. The molecule has 1 aromatic heterocycles. The smallest absolute Gasteiger partial charge is 0.262 e. The SMILES string of the molecule is Cc1n(CC(=O)NC2CCCc3ccccc32)cc[n+]1C. The van der Waals surface area contributed by atoms with Gasteiger partial charge in [0.2, 0.25) is 0 Å². The van der Waals surface area contributed by atoms with Gasteiger partial charge in [0.05, 0.1) is 13.1 Å². The maximum atomic E-state index is 12.3. The highest BCUT2D eigenvalue weighted by molar-refractivity contribution is 5.76. The lowest BCUT2D eigenvalue weighted by Gasteiger charge is -2.26. The summed E-state index contributed by atoms with van der Waals surface area (Å²) in [7, 11) is 1.99. The normalized spacial score (nSPS) is 17.3. The molecule has 0 radical (unpaired) electrons. The van der Waals surface area contributed by atoms with Gasteiger partial charge in [-0.1, -0.05) is 24.3 Å². The van der Waals surface area contributed by atoms with Gasteiger partial charge in [-0.25, -0.2) is 9.13 Å². The highest BCUT2D eigenvalue weighted by Crippen LogP contribution is 2.29. The number of amides is 1. The van der Waals surface area contributed by atoms with Crippen LogP contribution in [-0.2, 0) is 24.8 Å². The van der Waals surface area contributed by atoms with E-state index in [1.165, 1.54) is 11.1 Å². The molecule has 3 rings (SSSR count). The van der Waals surface area contributed by atoms with Crippen molar-refractivity contribution in [3.05, 3.63) is 53.6 Å². The van der Waals surface area contributed by atoms with E-state index in [4.69, 9.17) is 0 Å². The fourth-order valence-corrected chi connectivity index (χ4v) is 3.06. The monoisotopic (exact) mass is 284 g/mol. The first-order valence-electron chi connectivity index (χ1n) is 7.53. The van der Waals surface area contributed by atoms with Crippen LogP contribution in [0.4, 0.5) is 0 Å². The lowest BCUT2D eigenvalue weighted by molar-refractivity contribution is -0.677. The molecule has 110 valence electrons. The molecule has 0 spiro atoms. The molecule has 4 nitrogen and oxygen atoms in total. The van der Waals surface area contributed by atoms with Crippen LogP contribution in [0.1, 0.15) is 35.8 Å². The summed E-state index contributed by atoms with van der Waals surface area (Å²) in [6.07, 6.45) is 7.21. The summed E-state index contributed by atoms with van der Waals surface area (Å²) in [6, 6.07) is 8.60. The van der Waals surface area contributed by atoms with Crippen LogP contribution in [0, 0.1) is 6.92 Å². The molecule has 1 heterocycles. The zero-order valence-electron chi connectivity index (χ0n) is 12.7. The molecule has 4 heteroatoms. The van der Waals surface area contributed by atoms with Crippen molar-refractivity contribution in [1.82, 2.24) is 9.88 Å². The molecule has 1 aromatic carbocycles. The van der Waals surface area contributed by atoms with Crippen molar-refractivity contribution >= 4 is 5.91 Å². The Morgan fingerprint density at radius 3 is 3.00 bits per heavy atom. The molecule has 1 atom stereocenters. The number of carbonyl (C=O) groups excluding carboxylic acids is 1. The Morgan fingerprint density at radius 1 is 1.43 bits per heavy atom. The summed E-state index contributed by atoms with van der Waals surface area (Å²) in [5.41, 5.74) is 2.66. The van der Waals surface area contributed by atoms with E-state index in [1.807, 2.05) is 35.5 Å². The van der Waals surface area contributed by atoms with Crippen LogP contribution < -0.4 is 9.88 Å². The average Bonchev–Trinajstić information content (AvgIpc) is 2.80. The van der Waals surface area contributed by atoms with Crippen LogP contribution in [0.25, 0.3) is 0 Å². The minimum absolute atomic E-state index is 0.0796. The lowest BCUT2D eigenvalue weighted by Crippen LogP contribution is -2.35. The third-order valence-corrected chi connectivity index (χ3v) is 4.41. The van der Waals surface area contributed by atoms with Crippen molar-refractivity contribution in [3.63, 3.8) is 0 Å². The molecule has 1 unspecified atom stereocenters. The first-order chi connectivity index (χ1) is 10.1. The summed E-state index contributed by atoms with van der Waals surface area (Å²) < 4.78 is 3.99. The number of carbonyl (C=O) groups is 1. The maximum absolute atomic E-state index is 12.3. The number of nitrogens with one attached hydrogen (secondary N) is 1. The van der Waals surface area contributed by atoms with Gasteiger partial charge in [-0.15, -0.1) is 0 Å². The Labute approximate surface area is 125 Å². The first kappa shape index (κ1) is 13.9. The molecule has 0 bridgehead atoms. The van der Waals surface area contributed by atoms with Gasteiger partial charge in [0, 0.05) is 6.92 Å². The number of hydrogen-bond donors (Lipinski definition) is 1. The molecular formula is C17H22N3O+. The van der Waals surface area contributed by atoms with Crippen molar-refractivity contribution in [2.45, 2.75) is 38.8 Å². The number of hydrogen-bond acceptors (Lipinski definition) is 1. The van der Waals surface area contributed by atoms with Crippen LogP contribution in [-0.4, -0.2) is 10.5 Å². The fourth-order valence-electron chi connectivity index (χ4n) is 3.06. The van der Waals surface area contributed by atoms with Gasteiger partial charge in [0.25, 0.3) is 11.7 Å². The highest BCUT2D eigenvalue weighted by atomic mass is 16.2. The van der Waals surface area contributed by atoms with Crippen molar-refractivity contribution in [1.29, 1.82) is 0 Å². The molecule has 1 aliphatic rings. The van der Waals surface area contributed by atoms with E-state index in [2.05, 4.69) is 29.6 Å². The van der Waals surface area contributed by atoms with Crippen molar-refractivity contribution < 1.29 is 9.36 Å². The van der Waals surface area contributed by atoms with Gasteiger partial charge < -0.3 is 5.32 Å². The standard InChI is InChI=1S/C17H21N3O/c1-13-19(2)10-11-20(13)12-17(21)18-16-9-5-7-14-6-3-4-8-15(14)16/h3-4,6,8,10-11,16H,5,7,9,12H2,1-2H3/p+1. The molecule has 0 saturated carbocycles. The average molecular weight is 284 g/mol. The van der Waals surface area contributed by atoms with Gasteiger partial charge >= 0.3 is 0 Å². The minimum Gasteiger partial charge on any atom is -0.346 e. The molecule has 0 fully saturated rings. The van der Waals surface area contributed by atoms with E-state index in [9.17, 15) is 4.79 Å². The number of nitrogens with zero attached hydrogens (tertiary/aromatic N) is 2. The second-order valence-corrected chi connectivity index (χ2v) is 5.80. The predicted molar refractivity (Wildman–Crippen MR) is 80.6 cm³/mol. The van der Waals surface area contributed by atoms with E-state index in [0.717, 1.165) is 25.1 Å². The van der Waals surface area contributed by atoms with Crippen LogP contribution in [0.3, 0.4) is 0 Å². The Balaban J connectivity index is 1.70. The number of imidazole rings is 1. The number of fused-ring (bicyclic) bond motifs is 1. The number of benzene rings is 1. The van der Waals surface area contributed by atoms with Crippen LogP contribution in [0.5, 0.6) is 0 Å². The van der Waals surface area contributed by atoms with E-state index in [1.54, 1.807) is 0 Å². The summed E-state index contributed by atoms with van der Waals surface area (Å²) in [4.78, 5) is 12.3. The molecule has 1 aliphatic carbocycles. The van der Waals surface area contributed by atoms with Gasteiger partial charge in [0.1, 0.15) is 12.4 Å². The quantitative estimate of drug-likeness (QED) is 0.858. The minimum atomic E-state index is 0.0796. The van der Waals surface area contributed by atoms with E-state index >= 15 is 0 Å². The van der Waals surface area contributed by atoms with Gasteiger partial charge in [-0.3, -0.25) is 4.79 Å². The van der Waals surface area contributed by atoms with Crippen LogP contribution in [0.15, 0.2) is 36.7 Å². The molecule has 0 saturated heterocycles. The van der Waals surface area contributed by atoms with Crippen molar-refractivity contribution in [2.24, 2.45) is 7.05 Å². The van der Waals surface area contributed by atoms with Gasteiger partial charge in [-0.2, -0.15) is 0 Å². The van der Waals surface area contributed by atoms with Gasteiger partial charge in [0.15, 0.2) is 6.54 Å². The zero-order chi connectivity index (χ0) is 14.8. The Morgan fingerprint density at radius 2 is 2.24 bits per heavy atom. The molecular weight excluding hydrogens is 262 g/mol. The van der Waals surface area contributed by atoms with Crippen molar-refractivity contribution in [3.8, 4) is 0 Å². The topological polar surface area (TPSA) is 37.9 Å². The van der Waals surface area contributed by atoms with Crippen LogP contribution in [0.2, 0.25) is 0 Å². The second kappa shape index (κ2) is 5.72. The van der Waals surface area contributed by atoms with E-state index in [-0.39, 0.29) is 11.9 Å². The summed E-state index contributed by atoms with van der Waals surface area (Å²) in [5.74, 6) is 1.16. The third kappa shape index (κ3) is 2.84. The number of rotatable bonds is 3. The largest absolute Gasteiger partial charge is 0.346 e. The Hall–Kier alpha value is -2.10. The Kier molecular flexibility index (Phi) is 3.78. The van der Waals surface area contributed by atoms with Crippen LogP contribution >= 0.6 is 0 Å². The highest BCUT2D eigenvalue weighted by Gasteiger charge is 2.22. The summed E-state index contributed by atoms with van der Waals surface area (Å²) in [5, 5.41) is 3.19. The Bertz CT molecular complexity index is 660. The molecule has 1 N–H and O–H groups in total. The second-order valence-electron chi connectivity index (χ2n) is 5.80. The lowest BCUT2D eigenvalue weighted by atomic mass is 9.88.